The minimum atomic E-state index is -0.615. The van der Waals surface area contributed by atoms with Gasteiger partial charge in [0, 0.05) is 31.1 Å². The van der Waals surface area contributed by atoms with E-state index in [4.69, 9.17) is 5.73 Å². The molecule has 0 fully saturated rings. The molecule has 0 radical (unpaired) electrons. The Hall–Kier alpha value is -1.30. The summed E-state index contributed by atoms with van der Waals surface area (Å²) in [5, 5.41) is 11.3. The van der Waals surface area contributed by atoms with E-state index in [0.717, 1.165) is 15.4 Å². The van der Waals surface area contributed by atoms with Crippen molar-refractivity contribution in [2.24, 2.45) is 5.73 Å². The highest BCUT2D eigenvalue weighted by Crippen LogP contribution is 2.32. The summed E-state index contributed by atoms with van der Waals surface area (Å²) in [6, 6.07) is 3.78. The molecule has 2 aromatic rings. The maximum atomic E-state index is 10.3. The predicted molar refractivity (Wildman–Crippen MR) is 67.8 cm³/mol. The molecule has 2 heterocycles. The average molecular weight is 249 g/mol. The molecule has 0 bridgehead atoms. The van der Waals surface area contributed by atoms with Gasteiger partial charge in [0.05, 0.1) is 16.0 Å². The molecule has 17 heavy (non-hydrogen) atoms. The number of thiazole rings is 1. The van der Waals surface area contributed by atoms with Gasteiger partial charge in [-0.1, -0.05) is 6.07 Å². The highest BCUT2D eigenvalue weighted by Gasteiger charge is 2.23. The highest BCUT2D eigenvalue weighted by molar-refractivity contribution is 7.11. The number of hydrogen-bond acceptors (Lipinski definition) is 5. The zero-order valence-corrected chi connectivity index (χ0v) is 10.4. The van der Waals surface area contributed by atoms with Crippen LogP contribution in [0.5, 0.6) is 0 Å². The minimum Gasteiger partial charge on any atom is -0.387 e. The van der Waals surface area contributed by atoms with Gasteiger partial charge in [0.25, 0.3) is 0 Å². The van der Waals surface area contributed by atoms with Crippen LogP contribution in [0.2, 0.25) is 0 Å². The zero-order valence-electron chi connectivity index (χ0n) is 9.58. The Morgan fingerprint density at radius 1 is 1.47 bits per heavy atom. The molecule has 0 aliphatic carbocycles. The van der Waals surface area contributed by atoms with Gasteiger partial charge in [-0.25, -0.2) is 4.98 Å². The monoisotopic (exact) mass is 249 g/mol. The van der Waals surface area contributed by atoms with Gasteiger partial charge in [0.2, 0.25) is 0 Å². The summed E-state index contributed by atoms with van der Waals surface area (Å²) in [6.45, 7) is 2.30. The molecule has 4 nitrogen and oxygen atoms in total. The smallest absolute Gasteiger partial charge is 0.0979 e. The predicted octanol–water partition coefficient (Wildman–Crippen LogP) is 1.62. The first-order valence-corrected chi connectivity index (χ1v) is 6.24. The van der Waals surface area contributed by atoms with Crippen LogP contribution in [0, 0.1) is 6.92 Å². The molecule has 0 aliphatic heterocycles. The molecular weight excluding hydrogens is 234 g/mol. The van der Waals surface area contributed by atoms with Crippen LogP contribution in [0.3, 0.4) is 0 Å². The number of aliphatic hydroxyl groups is 1. The van der Waals surface area contributed by atoms with E-state index in [1.54, 1.807) is 18.6 Å². The van der Waals surface area contributed by atoms with Gasteiger partial charge in [0.15, 0.2) is 0 Å². The third kappa shape index (κ3) is 2.69. The van der Waals surface area contributed by atoms with E-state index < -0.39 is 6.10 Å². The second-order valence-electron chi connectivity index (χ2n) is 3.86. The Bertz CT molecular complexity index is 472. The molecule has 0 spiro atoms. The number of hydrogen-bond donors (Lipinski definition) is 2. The first-order chi connectivity index (χ1) is 8.22. The molecule has 5 heteroatoms. The summed E-state index contributed by atoms with van der Waals surface area (Å²) in [5.74, 6) is -0.136. The van der Waals surface area contributed by atoms with Crippen LogP contribution >= 0.6 is 11.3 Å². The van der Waals surface area contributed by atoms with Gasteiger partial charge < -0.3 is 10.8 Å². The Labute approximate surface area is 104 Å². The van der Waals surface area contributed by atoms with Gasteiger partial charge in [0.1, 0.15) is 0 Å². The van der Waals surface area contributed by atoms with Crippen molar-refractivity contribution in [1.82, 2.24) is 9.97 Å². The normalized spacial score (nSPS) is 14.5. The summed E-state index contributed by atoms with van der Waals surface area (Å²) >= 11 is 1.50. The van der Waals surface area contributed by atoms with Crippen LogP contribution in [-0.2, 0) is 0 Å². The molecule has 0 aliphatic rings. The number of pyridine rings is 1. The maximum Gasteiger partial charge on any atom is 0.0979 e. The standard InChI is InChI=1S/C12H15N3OS/c1-8-15-7-11(17-8)12(16)10(5-13)9-3-2-4-14-6-9/h2-4,6-7,10,12,16H,5,13H2,1H3. The Morgan fingerprint density at radius 3 is 2.82 bits per heavy atom. The summed E-state index contributed by atoms with van der Waals surface area (Å²) in [6.07, 6.45) is 4.55. The van der Waals surface area contributed by atoms with Gasteiger partial charge in [-0.15, -0.1) is 11.3 Å². The number of aryl methyl sites for hydroxylation is 1. The van der Waals surface area contributed by atoms with Crippen LogP contribution in [0.4, 0.5) is 0 Å². The Balaban J connectivity index is 2.25. The fraction of sp³-hybridized carbons (Fsp3) is 0.333. The molecule has 0 saturated carbocycles. The molecule has 0 saturated heterocycles. The first-order valence-electron chi connectivity index (χ1n) is 5.42. The Kier molecular flexibility index (Phi) is 3.83. The molecule has 2 aromatic heterocycles. The van der Waals surface area contributed by atoms with E-state index >= 15 is 0 Å². The van der Waals surface area contributed by atoms with Crippen LogP contribution in [0.1, 0.15) is 27.5 Å². The lowest BCUT2D eigenvalue weighted by atomic mass is 9.94. The third-order valence-corrected chi connectivity index (χ3v) is 3.66. The first kappa shape index (κ1) is 12.2. The number of rotatable bonds is 4. The molecule has 2 unspecified atom stereocenters. The van der Waals surface area contributed by atoms with Gasteiger partial charge in [-0.05, 0) is 18.6 Å². The van der Waals surface area contributed by atoms with E-state index in [1.165, 1.54) is 11.3 Å². The summed E-state index contributed by atoms with van der Waals surface area (Å²) in [4.78, 5) is 9.05. The van der Waals surface area contributed by atoms with Crippen molar-refractivity contribution in [2.45, 2.75) is 18.9 Å². The molecule has 3 N–H and O–H groups in total. The van der Waals surface area contributed by atoms with Gasteiger partial charge in [-0.3, -0.25) is 4.98 Å². The topological polar surface area (TPSA) is 72.0 Å². The summed E-state index contributed by atoms with van der Waals surface area (Å²) in [7, 11) is 0. The number of nitrogens with zero attached hydrogens (tertiary/aromatic N) is 2. The van der Waals surface area contributed by atoms with E-state index in [0.29, 0.717) is 6.54 Å². The average Bonchev–Trinajstić information content (AvgIpc) is 2.78. The third-order valence-electron chi connectivity index (χ3n) is 2.68. The maximum absolute atomic E-state index is 10.3. The van der Waals surface area contributed by atoms with E-state index in [9.17, 15) is 5.11 Å². The SMILES string of the molecule is Cc1ncc(C(O)C(CN)c2cccnc2)s1. The van der Waals surface area contributed by atoms with E-state index in [2.05, 4.69) is 9.97 Å². The zero-order chi connectivity index (χ0) is 12.3. The van der Waals surface area contributed by atoms with Crippen molar-refractivity contribution in [3.8, 4) is 0 Å². The lowest BCUT2D eigenvalue weighted by Gasteiger charge is -2.20. The molecular formula is C12H15N3OS. The van der Waals surface area contributed by atoms with Crippen LogP contribution in [-0.4, -0.2) is 21.6 Å². The molecule has 0 amide bonds. The molecule has 2 rings (SSSR count). The number of nitrogens with two attached hydrogens (primary N) is 1. The van der Waals surface area contributed by atoms with Crippen molar-refractivity contribution in [2.75, 3.05) is 6.54 Å². The van der Waals surface area contributed by atoms with E-state index in [-0.39, 0.29) is 5.92 Å². The number of aromatic nitrogens is 2. The van der Waals surface area contributed by atoms with Crippen LogP contribution in [0.25, 0.3) is 0 Å². The molecule has 0 aromatic carbocycles. The van der Waals surface area contributed by atoms with Crippen LogP contribution in [0.15, 0.2) is 30.7 Å². The summed E-state index contributed by atoms with van der Waals surface area (Å²) < 4.78 is 0. The quantitative estimate of drug-likeness (QED) is 0.863. The lowest BCUT2D eigenvalue weighted by molar-refractivity contribution is 0.150. The summed E-state index contributed by atoms with van der Waals surface area (Å²) in [5.41, 5.74) is 6.70. The molecule has 2 atom stereocenters. The largest absolute Gasteiger partial charge is 0.387 e. The van der Waals surface area contributed by atoms with Gasteiger partial charge >= 0.3 is 0 Å². The van der Waals surface area contributed by atoms with Crippen molar-refractivity contribution < 1.29 is 5.11 Å². The second kappa shape index (κ2) is 5.35. The minimum absolute atomic E-state index is 0.136. The van der Waals surface area contributed by atoms with E-state index in [1.807, 2.05) is 19.1 Å². The second-order valence-corrected chi connectivity index (χ2v) is 5.12. The van der Waals surface area contributed by atoms with Crippen molar-refractivity contribution in [3.63, 3.8) is 0 Å². The Morgan fingerprint density at radius 2 is 2.29 bits per heavy atom. The van der Waals surface area contributed by atoms with Crippen molar-refractivity contribution in [1.29, 1.82) is 0 Å². The lowest BCUT2D eigenvalue weighted by Crippen LogP contribution is -2.19. The van der Waals surface area contributed by atoms with Crippen molar-refractivity contribution >= 4 is 11.3 Å². The van der Waals surface area contributed by atoms with Crippen LogP contribution < -0.4 is 5.73 Å². The van der Waals surface area contributed by atoms with Crippen molar-refractivity contribution in [3.05, 3.63) is 46.2 Å². The highest BCUT2D eigenvalue weighted by atomic mass is 32.1. The fourth-order valence-electron chi connectivity index (χ4n) is 1.76. The number of aliphatic hydroxyl groups excluding tert-OH is 1. The fourth-order valence-corrected chi connectivity index (χ4v) is 2.59. The van der Waals surface area contributed by atoms with Gasteiger partial charge in [-0.2, -0.15) is 0 Å². The molecule has 90 valence electrons.